The summed E-state index contributed by atoms with van der Waals surface area (Å²) < 4.78 is 52.9. The summed E-state index contributed by atoms with van der Waals surface area (Å²) in [6.45, 7) is 1.52. The number of nitrogens with zero attached hydrogens (tertiary/aromatic N) is 4. The molecule has 0 aliphatic carbocycles. The SMILES string of the molecule is CCNC(=O)[C@H]1O[C@@H](n2cnc3c(Nc4ccc(OCC(=O)Nc5ccc(I)cc5C(F)(F)F)cc4)ncnc32)[C@H](O)[C@@H]1O. The lowest BCUT2D eigenvalue weighted by atomic mass is 10.1. The number of carbonyl (C=O) groups excluding carboxylic acids is 2. The molecule has 1 saturated heterocycles. The number of halogens is 4. The van der Waals surface area contributed by atoms with Crippen molar-refractivity contribution < 1.29 is 42.4 Å². The van der Waals surface area contributed by atoms with E-state index in [1.807, 2.05) is 0 Å². The average Bonchev–Trinajstić information content (AvgIpc) is 3.54. The van der Waals surface area contributed by atoms with Crippen LogP contribution in [0, 0.1) is 3.57 Å². The molecule has 232 valence electrons. The molecule has 0 unspecified atom stereocenters. The van der Waals surface area contributed by atoms with Crippen LogP contribution in [-0.4, -0.2) is 73.0 Å². The molecule has 2 aromatic heterocycles. The summed E-state index contributed by atoms with van der Waals surface area (Å²) in [7, 11) is 0. The molecule has 13 nitrogen and oxygen atoms in total. The molecule has 1 aliphatic rings. The maximum atomic E-state index is 13.3. The van der Waals surface area contributed by atoms with Crippen molar-refractivity contribution in [1.29, 1.82) is 0 Å². The Morgan fingerprint density at radius 1 is 1.09 bits per heavy atom. The van der Waals surface area contributed by atoms with E-state index in [0.29, 0.717) is 27.1 Å². The Labute approximate surface area is 260 Å². The van der Waals surface area contributed by atoms with Crippen molar-refractivity contribution in [2.24, 2.45) is 0 Å². The second kappa shape index (κ2) is 12.9. The Balaban J connectivity index is 1.23. The predicted octanol–water partition coefficient (Wildman–Crippen LogP) is 2.97. The van der Waals surface area contributed by atoms with Crippen molar-refractivity contribution in [3.8, 4) is 5.75 Å². The van der Waals surface area contributed by atoms with E-state index >= 15 is 0 Å². The summed E-state index contributed by atoms with van der Waals surface area (Å²) in [5.41, 5.74) is -0.191. The minimum Gasteiger partial charge on any atom is -0.484 e. The molecule has 4 aromatic rings. The molecular formula is C27H25F3IN7O6. The Bertz CT molecular complexity index is 1670. The Kier molecular flexibility index (Phi) is 9.18. The standard InChI is InChI=1S/C27H25F3IN7O6/c1-2-32-25(42)22-20(40)21(41)26(44-22)38-12-35-19-23(33-11-34-24(19)38)36-14-4-6-15(7-5-14)43-10-18(39)37-17-8-3-13(31)9-16(17)27(28,29)30/h3-9,11-12,20-22,26,40-41H,2,10H2,1H3,(H,32,42)(H,37,39)(H,33,34,36)/t20-,21+,22-,26+/m0/s1. The number of amides is 2. The monoisotopic (exact) mass is 727 g/mol. The van der Waals surface area contributed by atoms with Crippen LogP contribution in [-0.2, 0) is 20.5 Å². The fraction of sp³-hybridized carbons (Fsp3) is 0.296. The number of imidazole rings is 1. The summed E-state index contributed by atoms with van der Waals surface area (Å²) in [5, 5.41) is 28.8. The lowest BCUT2D eigenvalue weighted by Crippen LogP contribution is -2.42. The van der Waals surface area contributed by atoms with Gasteiger partial charge in [0, 0.05) is 15.8 Å². The van der Waals surface area contributed by atoms with Crippen molar-refractivity contribution in [3.63, 3.8) is 0 Å². The number of carbonyl (C=O) groups is 2. The number of nitrogens with one attached hydrogen (secondary N) is 3. The Hall–Kier alpha value is -4.07. The van der Waals surface area contributed by atoms with Crippen molar-refractivity contribution in [2.45, 2.75) is 37.6 Å². The van der Waals surface area contributed by atoms with Crippen LogP contribution in [0.3, 0.4) is 0 Å². The number of fused-ring (bicyclic) bond motifs is 1. The number of hydrogen-bond donors (Lipinski definition) is 5. The zero-order valence-electron chi connectivity index (χ0n) is 22.7. The number of benzene rings is 2. The van der Waals surface area contributed by atoms with Crippen LogP contribution in [0.2, 0.25) is 0 Å². The first-order valence-corrected chi connectivity index (χ1v) is 14.2. The first kappa shape index (κ1) is 31.4. The van der Waals surface area contributed by atoms with Gasteiger partial charge < -0.3 is 35.6 Å². The second-order valence-electron chi connectivity index (χ2n) is 9.54. The third kappa shape index (κ3) is 6.69. The molecule has 2 aromatic carbocycles. The van der Waals surface area contributed by atoms with E-state index in [0.717, 1.165) is 6.07 Å². The van der Waals surface area contributed by atoms with Gasteiger partial charge in [-0.3, -0.25) is 14.2 Å². The minimum absolute atomic E-state index is 0.267. The van der Waals surface area contributed by atoms with Gasteiger partial charge in [0.25, 0.3) is 11.8 Å². The number of aliphatic hydroxyl groups is 2. The highest BCUT2D eigenvalue weighted by Gasteiger charge is 2.47. The van der Waals surface area contributed by atoms with Gasteiger partial charge in [0.1, 0.15) is 24.3 Å². The molecule has 0 bridgehead atoms. The van der Waals surface area contributed by atoms with Crippen molar-refractivity contribution in [2.75, 3.05) is 23.8 Å². The topological polar surface area (TPSA) is 173 Å². The largest absolute Gasteiger partial charge is 0.484 e. The van der Waals surface area contributed by atoms with Gasteiger partial charge in [0.15, 0.2) is 35.9 Å². The summed E-state index contributed by atoms with van der Waals surface area (Å²) >= 11 is 1.76. The predicted molar refractivity (Wildman–Crippen MR) is 158 cm³/mol. The van der Waals surface area contributed by atoms with E-state index in [2.05, 4.69) is 30.9 Å². The normalized spacial score (nSPS) is 20.0. The highest BCUT2D eigenvalue weighted by Crippen LogP contribution is 2.36. The van der Waals surface area contributed by atoms with Gasteiger partial charge >= 0.3 is 6.18 Å². The van der Waals surface area contributed by atoms with Gasteiger partial charge in [-0.25, -0.2) is 15.0 Å². The molecule has 5 rings (SSSR count). The van der Waals surface area contributed by atoms with Gasteiger partial charge in [-0.1, -0.05) is 0 Å². The first-order chi connectivity index (χ1) is 21.0. The fourth-order valence-electron chi connectivity index (χ4n) is 4.48. The van der Waals surface area contributed by atoms with Crippen LogP contribution >= 0.6 is 22.6 Å². The van der Waals surface area contributed by atoms with E-state index in [9.17, 15) is 33.0 Å². The third-order valence-corrected chi connectivity index (χ3v) is 7.20. The second-order valence-corrected chi connectivity index (χ2v) is 10.8. The zero-order valence-corrected chi connectivity index (χ0v) is 24.9. The Morgan fingerprint density at radius 2 is 1.84 bits per heavy atom. The number of ether oxygens (including phenoxy) is 2. The van der Waals surface area contributed by atoms with Crippen LogP contribution in [0.4, 0.5) is 30.4 Å². The van der Waals surface area contributed by atoms with Crippen molar-refractivity contribution in [1.82, 2.24) is 24.8 Å². The minimum atomic E-state index is -4.63. The number of aliphatic hydroxyl groups excluding tert-OH is 2. The Morgan fingerprint density at radius 3 is 2.55 bits per heavy atom. The number of anilines is 3. The molecule has 0 radical (unpaired) electrons. The van der Waals surface area contributed by atoms with Crippen molar-refractivity contribution in [3.05, 3.63) is 64.3 Å². The molecule has 5 N–H and O–H groups in total. The molecule has 2 amide bonds. The van der Waals surface area contributed by atoms with Crippen LogP contribution in [0.15, 0.2) is 55.1 Å². The van der Waals surface area contributed by atoms with Gasteiger partial charge in [0.05, 0.1) is 17.6 Å². The number of aromatic nitrogens is 4. The van der Waals surface area contributed by atoms with E-state index in [1.54, 1.807) is 53.8 Å². The molecule has 17 heteroatoms. The van der Waals surface area contributed by atoms with E-state index in [-0.39, 0.29) is 17.1 Å². The van der Waals surface area contributed by atoms with Gasteiger partial charge in [-0.15, -0.1) is 0 Å². The van der Waals surface area contributed by atoms with Crippen molar-refractivity contribution >= 4 is 62.8 Å². The highest BCUT2D eigenvalue weighted by atomic mass is 127. The molecule has 44 heavy (non-hydrogen) atoms. The summed E-state index contributed by atoms with van der Waals surface area (Å²) in [4.78, 5) is 37.3. The van der Waals surface area contributed by atoms with Gasteiger partial charge in [-0.2, -0.15) is 13.2 Å². The van der Waals surface area contributed by atoms with E-state index in [4.69, 9.17) is 9.47 Å². The summed E-state index contributed by atoms with van der Waals surface area (Å²) in [6, 6.07) is 9.92. The average molecular weight is 727 g/mol. The quantitative estimate of drug-likeness (QED) is 0.162. The fourth-order valence-corrected chi connectivity index (χ4v) is 4.97. The van der Waals surface area contributed by atoms with Crippen LogP contribution < -0.4 is 20.7 Å². The third-order valence-electron chi connectivity index (χ3n) is 6.53. The number of alkyl halides is 3. The lowest BCUT2D eigenvalue weighted by Gasteiger charge is -2.16. The smallest absolute Gasteiger partial charge is 0.418 e. The summed E-state index contributed by atoms with van der Waals surface area (Å²) in [6.07, 6.45) is -7.33. The zero-order chi connectivity index (χ0) is 31.6. The van der Waals surface area contributed by atoms with Gasteiger partial charge in [0.2, 0.25) is 0 Å². The summed E-state index contributed by atoms with van der Waals surface area (Å²) in [5.74, 6) is -0.737. The first-order valence-electron chi connectivity index (χ1n) is 13.1. The van der Waals surface area contributed by atoms with Crippen LogP contribution in [0.1, 0.15) is 18.7 Å². The molecule has 3 heterocycles. The highest BCUT2D eigenvalue weighted by molar-refractivity contribution is 14.1. The molecule has 4 atom stereocenters. The molecule has 1 aliphatic heterocycles. The maximum Gasteiger partial charge on any atom is 0.418 e. The van der Waals surface area contributed by atoms with Crippen LogP contribution in [0.25, 0.3) is 11.2 Å². The number of likely N-dealkylation sites (N-methyl/N-ethyl adjacent to an activating group) is 1. The molecule has 0 spiro atoms. The molecule has 0 saturated carbocycles. The van der Waals surface area contributed by atoms with Crippen LogP contribution in [0.5, 0.6) is 5.75 Å². The number of rotatable bonds is 9. The molecular weight excluding hydrogens is 702 g/mol. The van der Waals surface area contributed by atoms with E-state index < -0.39 is 54.7 Å². The lowest BCUT2D eigenvalue weighted by molar-refractivity contribution is -0.138. The van der Waals surface area contributed by atoms with E-state index in [1.165, 1.54) is 29.4 Å². The molecule has 1 fully saturated rings. The maximum absolute atomic E-state index is 13.3. The van der Waals surface area contributed by atoms with Gasteiger partial charge in [-0.05, 0) is 72.0 Å². The number of hydrogen-bond acceptors (Lipinski definition) is 10.